The summed E-state index contributed by atoms with van der Waals surface area (Å²) < 4.78 is 5.78. The summed E-state index contributed by atoms with van der Waals surface area (Å²) in [6.07, 6.45) is 5.17. The zero-order valence-electron chi connectivity index (χ0n) is 10.3. The van der Waals surface area contributed by atoms with Gasteiger partial charge < -0.3 is 10.5 Å². The molecule has 94 valence electrons. The van der Waals surface area contributed by atoms with Crippen molar-refractivity contribution in [2.24, 2.45) is 5.92 Å². The number of para-hydroxylation sites is 1. The monoisotopic (exact) mass is 243 g/mol. The topological polar surface area (TPSA) is 61.0 Å². The first-order chi connectivity index (χ1) is 8.83. The number of hydrogen-bond donors (Lipinski definition) is 1. The fourth-order valence-corrected chi connectivity index (χ4v) is 2.28. The molecule has 0 atom stereocenters. The van der Waals surface area contributed by atoms with Gasteiger partial charge in [-0.2, -0.15) is 4.98 Å². The molecule has 2 aromatic rings. The molecule has 0 amide bonds. The lowest BCUT2D eigenvalue weighted by atomic mass is 9.83. The highest BCUT2D eigenvalue weighted by Gasteiger charge is 2.17. The number of nitrogens with two attached hydrogens (primary N) is 1. The summed E-state index contributed by atoms with van der Waals surface area (Å²) in [7, 11) is 0. The molecule has 3 rings (SSSR count). The van der Waals surface area contributed by atoms with Crippen LogP contribution < -0.4 is 10.5 Å². The van der Waals surface area contributed by atoms with Crippen LogP contribution in [-0.4, -0.2) is 16.6 Å². The van der Waals surface area contributed by atoms with E-state index in [2.05, 4.69) is 9.97 Å². The predicted molar refractivity (Wildman–Crippen MR) is 71.4 cm³/mol. The third kappa shape index (κ3) is 2.23. The minimum absolute atomic E-state index is 0.271. The number of anilines is 1. The van der Waals surface area contributed by atoms with Crippen molar-refractivity contribution in [2.75, 3.05) is 12.3 Å². The first kappa shape index (κ1) is 11.3. The van der Waals surface area contributed by atoms with Gasteiger partial charge in [-0.3, -0.25) is 0 Å². The number of fused-ring (bicyclic) bond motifs is 1. The van der Waals surface area contributed by atoms with Gasteiger partial charge >= 0.3 is 0 Å². The van der Waals surface area contributed by atoms with Gasteiger partial charge in [0.25, 0.3) is 0 Å². The van der Waals surface area contributed by atoms with Crippen LogP contribution in [0.2, 0.25) is 0 Å². The van der Waals surface area contributed by atoms with Crippen LogP contribution in [-0.2, 0) is 0 Å². The van der Waals surface area contributed by atoms with Crippen LogP contribution in [0, 0.1) is 5.92 Å². The average Bonchev–Trinajstić information content (AvgIpc) is 2.32. The average molecular weight is 243 g/mol. The van der Waals surface area contributed by atoms with E-state index in [9.17, 15) is 0 Å². The van der Waals surface area contributed by atoms with E-state index in [0.717, 1.165) is 23.2 Å². The van der Waals surface area contributed by atoms with E-state index in [0.29, 0.717) is 12.5 Å². The summed E-state index contributed by atoms with van der Waals surface area (Å²) in [6.45, 7) is 0.713. The van der Waals surface area contributed by atoms with Crippen LogP contribution in [0.4, 0.5) is 5.95 Å². The standard InChI is InChI=1S/C14H17N3O/c15-14-16-12-7-2-1-6-11(12)13(17-14)18-9-8-10-4-3-5-10/h1-2,6-7,10H,3-5,8-9H2,(H2,15,16,17). The summed E-state index contributed by atoms with van der Waals surface area (Å²) in [5.74, 6) is 1.72. The quantitative estimate of drug-likeness (QED) is 0.897. The maximum absolute atomic E-state index is 5.78. The van der Waals surface area contributed by atoms with Crippen LogP contribution in [0.25, 0.3) is 10.9 Å². The van der Waals surface area contributed by atoms with Gasteiger partial charge in [0, 0.05) is 0 Å². The molecule has 1 fully saturated rings. The minimum Gasteiger partial charge on any atom is -0.477 e. The number of ether oxygens (including phenoxy) is 1. The number of aromatic nitrogens is 2. The van der Waals surface area contributed by atoms with Crippen molar-refractivity contribution in [3.8, 4) is 5.88 Å². The maximum Gasteiger partial charge on any atom is 0.226 e. The van der Waals surface area contributed by atoms with Crippen molar-refractivity contribution in [2.45, 2.75) is 25.7 Å². The summed E-state index contributed by atoms with van der Waals surface area (Å²) >= 11 is 0. The molecule has 18 heavy (non-hydrogen) atoms. The van der Waals surface area contributed by atoms with Crippen molar-refractivity contribution in [3.63, 3.8) is 0 Å². The molecule has 0 bridgehead atoms. The van der Waals surface area contributed by atoms with Gasteiger partial charge in [-0.05, 0) is 24.5 Å². The molecule has 4 heteroatoms. The summed E-state index contributed by atoms with van der Waals surface area (Å²) in [5.41, 5.74) is 6.53. The Hall–Kier alpha value is -1.84. The van der Waals surface area contributed by atoms with Gasteiger partial charge in [-0.15, -0.1) is 0 Å². The minimum atomic E-state index is 0.271. The predicted octanol–water partition coefficient (Wildman–Crippen LogP) is 2.78. The SMILES string of the molecule is Nc1nc(OCCC2CCC2)c2ccccc2n1. The smallest absolute Gasteiger partial charge is 0.226 e. The number of hydrogen-bond acceptors (Lipinski definition) is 4. The highest BCUT2D eigenvalue weighted by molar-refractivity contribution is 5.84. The Morgan fingerprint density at radius 2 is 2.06 bits per heavy atom. The summed E-state index contributed by atoms with van der Waals surface area (Å²) in [6, 6.07) is 7.78. The van der Waals surface area contributed by atoms with E-state index in [1.165, 1.54) is 19.3 Å². The third-order valence-electron chi connectivity index (χ3n) is 3.58. The lowest BCUT2D eigenvalue weighted by molar-refractivity contribution is 0.219. The van der Waals surface area contributed by atoms with Crippen LogP contribution in [0.5, 0.6) is 5.88 Å². The number of benzene rings is 1. The van der Waals surface area contributed by atoms with Crippen LogP contribution in [0.3, 0.4) is 0 Å². The van der Waals surface area contributed by atoms with Crippen LogP contribution >= 0.6 is 0 Å². The molecule has 0 unspecified atom stereocenters. The normalized spacial score (nSPS) is 15.6. The second kappa shape index (κ2) is 4.80. The molecule has 0 saturated heterocycles. The second-order valence-corrected chi connectivity index (χ2v) is 4.84. The summed E-state index contributed by atoms with van der Waals surface area (Å²) in [4.78, 5) is 8.38. The fraction of sp³-hybridized carbons (Fsp3) is 0.429. The molecule has 0 aliphatic heterocycles. The Kier molecular flexibility index (Phi) is 3.00. The highest BCUT2D eigenvalue weighted by atomic mass is 16.5. The van der Waals surface area contributed by atoms with Crippen molar-refractivity contribution in [3.05, 3.63) is 24.3 Å². The molecular weight excluding hydrogens is 226 g/mol. The molecule has 1 aliphatic carbocycles. The fourth-order valence-electron chi connectivity index (χ4n) is 2.28. The number of nitrogens with zero attached hydrogens (tertiary/aromatic N) is 2. The third-order valence-corrected chi connectivity index (χ3v) is 3.58. The molecule has 1 aromatic heterocycles. The molecule has 1 aliphatic rings. The first-order valence-corrected chi connectivity index (χ1v) is 6.48. The molecule has 1 aromatic carbocycles. The first-order valence-electron chi connectivity index (χ1n) is 6.48. The Balaban J connectivity index is 1.77. The molecule has 4 nitrogen and oxygen atoms in total. The van der Waals surface area contributed by atoms with E-state index < -0.39 is 0 Å². The Bertz CT molecular complexity index is 552. The van der Waals surface area contributed by atoms with Gasteiger partial charge in [0.15, 0.2) is 0 Å². The molecule has 1 heterocycles. The van der Waals surface area contributed by atoms with Crippen LogP contribution in [0.15, 0.2) is 24.3 Å². The molecule has 0 spiro atoms. The van der Waals surface area contributed by atoms with E-state index in [1.54, 1.807) is 0 Å². The lowest BCUT2D eigenvalue weighted by Crippen LogP contribution is -2.15. The van der Waals surface area contributed by atoms with Gasteiger partial charge in [-0.1, -0.05) is 31.4 Å². The Morgan fingerprint density at radius 1 is 1.22 bits per heavy atom. The van der Waals surface area contributed by atoms with Gasteiger partial charge in [0.05, 0.1) is 17.5 Å². The zero-order chi connectivity index (χ0) is 12.4. The zero-order valence-corrected chi connectivity index (χ0v) is 10.3. The van der Waals surface area contributed by atoms with Crippen molar-refractivity contribution in [1.82, 2.24) is 9.97 Å². The van der Waals surface area contributed by atoms with E-state index in [-0.39, 0.29) is 5.95 Å². The maximum atomic E-state index is 5.78. The molecule has 2 N–H and O–H groups in total. The number of nitrogen functional groups attached to an aromatic ring is 1. The highest BCUT2D eigenvalue weighted by Crippen LogP contribution is 2.30. The van der Waals surface area contributed by atoms with Gasteiger partial charge in [-0.25, -0.2) is 4.98 Å². The molecular formula is C14H17N3O. The molecule has 0 radical (unpaired) electrons. The Labute approximate surface area is 106 Å². The van der Waals surface area contributed by atoms with Crippen LogP contribution in [0.1, 0.15) is 25.7 Å². The van der Waals surface area contributed by atoms with Gasteiger partial charge in [0.2, 0.25) is 11.8 Å². The van der Waals surface area contributed by atoms with Crippen molar-refractivity contribution in [1.29, 1.82) is 0 Å². The second-order valence-electron chi connectivity index (χ2n) is 4.84. The van der Waals surface area contributed by atoms with Gasteiger partial charge in [0.1, 0.15) is 0 Å². The molecule has 1 saturated carbocycles. The summed E-state index contributed by atoms with van der Waals surface area (Å²) in [5, 5.41) is 0.931. The van der Waals surface area contributed by atoms with E-state index >= 15 is 0 Å². The van der Waals surface area contributed by atoms with E-state index in [1.807, 2.05) is 24.3 Å². The van der Waals surface area contributed by atoms with Crippen molar-refractivity contribution >= 4 is 16.9 Å². The lowest BCUT2D eigenvalue weighted by Gasteiger charge is -2.24. The Morgan fingerprint density at radius 3 is 2.83 bits per heavy atom. The van der Waals surface area contributed by atoms with E-state index in [4.69, 9.17) is 10.5 Å². The van der Waals surface area contributed by atoms with Crippen molar-refractivity contribution < 1.29 is 4.74 Å². The largest absolute Gasteiger partial charge is 0.477 e. The number of rotatable bonds is 4.